The van der Waals surface area contributed by atoms with Crippen molar-refractivity contribution in [2.24, 2.45) is 17.6 Å². The summed E-state index contributed by atoms with van der Waals surface area (Å²) in [4.78, 5) is 49.7. The van der Waals surface area contributed by atoms with Crippen molar-refractivity contribution in [2.75, 3.05) is 0 Å². The summed E-state index contributed by atoms with van der Waals surface area (Å²) in [6.45, 7) is 0. The van der Waals surface area contributed by atoms with Crippen LogP contribution >= 0.6 is 0 Å². The molecule has 0 aromatic heterocycles. The number of hydrogen-bond donors (Lipinski definition) is 5. The van der Waals surface area contributed by atoms with E-state index >= 15 is 0 Å². The lowest BCUT2D eigenvalue weighted by atomic mass is 9.59. The molecule has 9 heteroatoms. The lowest BCUT2D eigenvalue weighted by Gasteiger charge is -2.46. The summed E-state index contributed by atoms with van der Waals surface area (Å²) in [5.74, 6) is -6.70. The monoisotopic (exact) mass is 525 g/mol. The Kier molecular flexibility index (Phi) is 5.27. The van der Waals surface area contributed by atoms with E-state index < -0.39 is 52.0 Å². The standard InChI is InChI=1S/C30H23NO8/c31-29(38)25-22(34)11-15-9-14-10-20-19(18-6-5-13(12-32)16-3-1-2-4-17(16)18)7-8-21(33)24(20)26(35)23(14)27(36)30(15,39)28(25)37/h1-8,12,14-15,33,35,37,39H,9-11H2,(H2,31,38)/t14-,15?,30+/m1/s1. The number of primary amides is 1. The number of amides is 1. The first-order chi connectivity index (χ1) is 18.6. The van der Waals surface area contributed by atoms with E-state index in [-0.39, 0.29) is 36.1 Å². The van der Waals surface area contributed by atoms with Crippen LogP contribution in [0.15, 0.2) is 65.4 Å². The summed E-state index contributed by atoms with van der Waals surface area (Å²) >= 11 is 0. The Hall–Kier alpha value is -4.76. The maximum Gasteiger partial charge on any atom is 0.255 e. The number of aliphatic hydroxyl groups is 3. The first-order valence-corrected chi connectivity index (χ1v) is 12.4. The minimum absolute atomic E-state index is 0.0168. The van der Waals surface area contributed by atoms with Crippen molar-refractivity contribution in [1.29, 1.82) is 0 Å². The van der Waals surface area contributed by atoms with Gasteiger partial charge >= 0.3 is 0 Å². The molecule has 0 spiro atoms. The van der Waals surface area contributed by atoms with Crippen LogP contribution in [-0.2, 0) is 20.8 Å². The van der Waals surface area contributed by atoms with E-state index in [0.717, 1.165) is 22.6 Å². The van der Waals surface area contributed by atoms with Gasteiger partial charge in [0.15, 0.2) is 17.7 Å². The summed E-state index contributed by atoms with van der Waals surface area (Å²) in [5.41, 5.74) is 4.11. The summed E-state index contributed by atoms with van der Waals surface area (Å²) in [5, 5.41) is 45.8. The molecule has 3 aliphatic rings. The van der Waals surface area contributed by atoms with E-state index in [9.17, 15) is 39.6 Å². The first-order valence-electron chi connectivity index (χ1n) is 12.4. The van der Waals surface area contributed by atoms with Gasteiger partial charge in [-0.15, -0.1) is 0 Å². The third-order valence-corrected chi connectivity index (χ3v) is 8.32. The number of nitrogens with two attached hydrogens (primary N) is 1. The van der Waals surface area contributed by atoms with E-state index in [1.807, 2.05) is 24.3 Å². The van der Waals surface area contributed by atoms with Crippen molar-refractivity contribution >= 4 is 40.3 Å². The number of fused-ring (bicyclic) bond motifs is 4. The van der Waals surface area contributed by atoms with Crippen LogP contribution in [0.25, 0.3) is 27.7 Å². The Morgan fingerprint density at radius 1 is 0.949 bits per heavy atom. The minimum atomic E-state index is -2.61. The molecule has 39 heavy (non-hydrogen) atoms. The summed E-state index contributed by atoms with van der Waals surface area (Å²) in [7, 11) is 0. The molecule has 6 rings (SSSR count). The molecule has 0 heterocycles. The van der Waals surface area contributed by atoms with E-state index in [1.54, 1.807) is 18.2 Å². The van der Waals surface area contributed by atoms with Gasteiger partial charge in [0.2, 0.25) is 5.78 Å². The Bertz CT molecular complexity index is 1730. The topological polar surface area (TPSA) is 175 Å². The molecule has 0 saturated heterocycles. The first kappa shape index (κ1) is 24.6. The molecule has 3 atom stereocenters. The van der Waals surface area contributed by atoms with Gasteiger partial charge in [-0.05, 0) is 52.3 Å². The maximum absolute atomic E-state index is 13.7. The number of aromatic hydroxyl groups is 1. The highest BCUT2D eigenvalue weighted by molar-refractivity contribution is 6.22. The molecule has 3 aromatic carbocycles. The maximum atomic E-state index is 13.7. The smallest absolute Gasteiger partial charge is 0.255 e. The molecule has 0 radical (unpaired) electrons. The molecular formula is C30H23NO8. The zero-order valence-electron chi connectivity index (χ0n) is 20.5. The second-order valence-corrected chi connectivity index (χ2v) is 10.3. The Labute approximate surface area is 221 Å². The van der Waals surface area contributed by atoms with Crippen LogP contribution in [0.4, 0.5) is 0 Å². The molecule has 0 bridgehead atoms. The zero-order chi connectivity index (χ0) is 27.8. The average Bonchev–Trinajstić information content (AvgIpc) is 2.90. The van der Waals surface area contributed by atoms with Crippen molar-refractivity contribution in [1.82, 2.24) is 0 Å². The predicted molar refractivity (Wildman–Crippen MR) is 140 cm³/mol. The van der Waals surface area contributed by atoms with Crippen molar-refractivity contribution in [3.8, 4) is 16.9 Å². The number of ketones is 2. The van der Waals surface area contributed by atoms with Crippen LogP contribution in [0.3, 0.4) is 0 Å². The fraction of sp³-hybridized carbons (Fsp3) is 0.200. The van der Waals surface area contributed by atoms with Crippen LogP contribution in [0.2, 0.25) is 0 Å². The van der Waals surface area contributed by atoms with Gasteiger partial charge in [-0.25, -0.2) is 0 Å². The number of carbonyl (C=O) groups excluding carboxylic acids is 4. The predicted octanol–water partition coefficient (Wildman–Crippen LogP) is 3.06. The largest absolute Gasteiger partial charge is 0.508 e. The molecule has 1 saturated carbocycles. The van der Waals surface area contributed by atoms with Crippen molar-refractivity contribution in [3.63, 3.8) is 0 Å². The molecule has 1 amide bonds. The molecule has 9 nitrogen and oxygen atoms in total. The van der Waals surface area contributed by atoms with Crippen LogP contribution in [-0.4, -0.2) is 49.8 Å². The molecule has 0 aliphatic heterocycles. The number of phenols is 1. The summed E-state index contributed by atoms with van der Waals surface area (Å²) < 4.78 is 0. The molecule has 1 unspecified atom stereocenters. The van der Waals surface area contributed by atoms with Gasteiger partial charge in [-0.3, -0.25) is 19.2 Å². The van der Waals surface area contributed by atoms with E-state index in [2.05, 4.69) is 0 Å². The SMILES string of the molecule is NC(=O)C1=C(O)[C@@]2(O)C(=O)C3=C(O)c4c(O)ccc(-c5ccc(C=O)c6ccccc56)c4C[C@H]3CC2CC1=O. The molecule has 6 N–H and O–H groups in total. The fourth-order valence-corrected chi connectivity index (χ4v) is 6.53. The van der Waals surface area contributed by atoms with Crippen LogP contribution < -0.4 is 5.73 Å². The highest BCUT2D eigenvalue weighted by atomic mass is 16.3. The third-order valence-electron chi connectivity index (χ3n) is 8.32. The van der Waals surface area contributed by atoms with E-state index in [4.69, 9.17) is 5.73 Å². The number of Topliss-reactive ketones (excluding diaryl/α,β-unsaturated/α-hetero) is 2. The number of hydrogen-bond acceptors (Lipinski definition) is 8. The number of aldehydes is 1. The number of aliphatic hydroxyl groups excluding tert-OH is 2. The number of phenolic OH excluding ortho intramolecular Hbond substituents is 1. The van der Waals surface area contributed by atoms with Gasteiger partial charge in [-0.1, -0.05) is 42.5 Å². The minimum Gasteiger partial charge on any atom is -0.508 e. The molecular weight excluding hydrogens is 502 g/mol. The van der Waals surface area contributed by atoms with Crippen LogP contribution in [0.1, 0.15) is 34.3 Å². The lowest BCUT2D eigenvalue weighted by molar-refractivity contribution is -0.147. The molecule has 1 fully saturated rings. The van der Waals surface area contributed by atoms with Gasteiger partial charge in [-0.2, -0.15) is 0 Å². The Morgan fingerprint density at radius 3 is 2.33 bits per heavy atom. The van der Waals surface area contributed by atoms with Gasteiger partial charge in [0.1, 0.15) is 22.8 Å². The van der Waals surface area contributed by atoms with Crippen molar-refractivity contribution in [3.05, 3.63) is 82.1 Å². The zero-order valence-corrected chi connectivity index (χ0v) is 20.5. The molecule has 3 aliphatic carbocycles. The van der Waals surface area contributed by atoms with Crippen LogP contribution in [0.5, 0.6) is 5.75 Å². The van der Waals surface area contributed by atoms with Crippen LogP contribution in [0, 0.1) is 11.8 Å². The summed E-state index contributed by atoms with van der Waals surface area (Å²) in [6, 6.07) is 13.9. The second-order valence-electron chi connectivity index (χ2n) is 10.3. The number of benzene rings is 3. The quantitative estimate of drug-likeness (QED) is 0.256. The third kappa shape index (κ3) is 3.23. The fourth-order valence-electron chi connectivity index (χ4n) is 6.53. The van der Waals surface area contributed by atoms with Gasteiger partial charge < -0.3 is 26.2 Å². The highest BCUT2D eigenvalue weighted by Crippen LogP contribution is 2.53. The second kappa shape index (κ2) is 8.37. The van der Waals surface area contributed by atoms with Crippen molar-refractivity contribution in [2.45, 2.75) is 24.9 Å². The highest BCUT2D eigenvalue weighted by Gasteiger charge is 2.60. The summed E-state index contributed by atoms with van der Waals surface area (Å²) in [6.07, 6.45) is 0.615. The van der Waals surface area contributed by atoms with Gasteiger partial charge in [0.25, 0.3) is 5.91 Å². The number of carbonyl (C=O) groups is 4. The van der Waals surface area contributed by atoms with E-state index in [0.29, 0.717) is 16.7 Å². The van der Waals surface area contributed by atoms with E-state index in [1.165, 1.54) is 6.07 Å². The molecule has 3 aromatic rings. The normalized spacial score (nSPS) is 24.3. The average molecular weight is 526 g/mol. The number of rotatable bonds is 3. The van der Waals surface area contributed by atoms with Gasteiger partial charge in [0.05, 0.1) is 5.56 Å². The van der Waals surface area contributed by atoms with Gasteiger partial charge in [0, 0.05) is 23.5 Å². The molecule has 196 valence electrons. The van der Waals surface area contributed by atoms with Crippen molar-refractivity contribution < 1.29 is 39.6 Å². The lowest BCUT2D eigenvalue weighted by Crippen LogP contribution is -2.58. The Balaban J connectivity index is 1.57. The Morgan fingerprint density at radius 2 is 1.64 bits per heavy atom.